The van der Waals surface area contributed by atoms with Gasteiger partial charge in [0.2, 0.25) is 5.91 Å². The molecule has 212 valence electrons. The van der Waals surface area contributed by atoms with Crippen molar-refractivity contribution < 1.29 is 14.5 Å². The van der Waals surface area contributed by atoms with E-state index in [1.807, 2.05) is 35.2 Å². The highest BCUT2D eigenvalue weighted by atomic mass is 16.6. The second-order valence-corrected chi connectivity index (χ2v) is 11.0. The lowest BCUT2D eigenvalue weighted by Crippen LogP contribution is -2.50. The Morgan fingerprint density at radius 1 is 0.976 bits per heavy atom. The van der Waals surface area contributed by atoms with Gasteiger partial charge in [0.25, 0.3) is 5.69 Å². The Morgan fingerprint density at radius 2 is 1.76 bits per heavy atom. The van der Waals surface area contributed by atoms with Gasteiger partial charge in [-0.15, -0.1) is 0 Å². The van der Waals surface area contributed by atoms with Gasteiger partial charge in [0.1, 0.15) is 5.65 Å². The molecule has 1 amide bonds. The Morgan fingerprint density at radius 3 is 2.51 bits per heavy atom. The molecule has 41 heavy (non-hydrogen) atoms. The standard InChI is InChI=1S/C32H35N5O4/c1-41-28-12-6-10-25(20-28)32(38)35-17-15-34(16-18-35)22-29-31(24-9-5-11-27(19-24)37(39)40)33-30-14-13-26(21-36(29)30)23-7-3-2-4-8-23/h2-5,7-9,11,13-14,19,21,25,28H,6,10,12,15-18,20,22H2,1H3/t25-,28+/m1/s1. The van der Waals surface area contributed by atoms with E-state index in [0.717, 1.165) is 72.5 Å². The molecule has 9 nitrogen and oxygen atoms in total. The minimum Gasteiger partial charge on any atom is -0.381 e. The molecule has 3 heterocycles. The van der Waals surface area contributed by atoms with E-state index in [2.05, 4.69) is 33.7 Å². The molecule has 0 unspecified atom stereocenters. The molecule has 0 N–H and O–H groups in total. The summed E-state index contributed by atoms with van der Waals surface area (Å²) in [6, 6.07) is 20.9. The fraction of sp³-hybridized carbons (Fsp3) is 0.375. The summed E-state index contributed by atoms with van der Waals surface area (Å²) in [7, 11) is 1.74. The number of nitro groups is 1. The zero-order chi connectivity index (χ0) is 28.3. The zero-order valence-corrected chi connectivity index (χ0v) is 23.3. The van der Waals surface area contributed by atoms with Crippen LogP contribution in [0.4, 0.5) is 5.69 Å². The summed E-state index contributed by atoms with van der Waals surface area (Å²) in [5.41, 5.74) is 5.45. The predicted octanol–water partition coefficient (Wildman–Crippen LogP) is 5.43. The van der Waals surface area contributed by atoms with Crippen LogP contribution in [-0.4, -0.2) is 69.4 Å². The number of non-ortho nitro benzene ring substituents is 1. The average molecular weight is 554 g/mol. The Kier molecular flexibility index (Phi) is 7.80. The molecule has 2 fully saturated rings. The highest BCUT2D eigenvalue weighted by Gasteiger charge is 2.32. The number of aromatic nitrogens is 2. The smallest absolute Gasteiger partial charge is 0.270 e. The maximum Gasteiger partial charge on any atom is 0.270 e. The van der Waals surface area contributed by atoms with Crippen LogP contribution in [0.2, 0.25) is 0 Å². The zero-order valence-electron chi connectivity index (χ0n) is 23.3. The average Bonchev–Trinajstić information content (AvgIpc) is 3.39. The Hall–Kier alpha value is -4.08. The molecule has 1 aliphatic carbocycles. The molecule has 0 radical (unpaired) electrons. The summed E-state index contributed by atoms with van der Waals surface area (Å²) in [5, 5.41) is 11.5. The molecule has 6 rings (SSSR count). The molecular formula is C32H35N5O4. The highest BCUT2D eigenvalue weighted by Crippen LogP contribution is 2.31. The minimum atomic E-state index is -0.371. The van der Waals surface area contributed by atoms with Crippen LogP contribution in [0.5, 0.6) is 0 Å². The molecule has 9 heteroatoms. The summed E-state index contributed by atoms with van der Waals surface area (Å²) in [6.07, 6.45) is 6.11. The monoisotopic (exact) mass is 553 g/mol. The number of fused-ring (bicyclic) bond motifs is 1. The van der Waals surface area contributed by atoms with Crippen molar-refractivity contribution in [3.63, 3.8) is 0 Å². The normalized spacial score (nSPS) is 19.9. The summed E-state index contributed by atoms with van der Waals surface area (Å²) in [4.78, 5) is 33.8. The number of methoxy groups -OCH3 is 1. The third-order valence-corrected chi connectivity index (χ3v) is 8.52. The number of nitro benzene ring substituents is 1. The van der Waals surface area contributed by atoms with Crippen LogP contribution in [0.3, 0.4) is 0 Å². The summed E-state index contributed by atoms with van der Waals surface area (Å²) < 4.78 is 7.66. The van der Waals surface area contributed by atoms with Crippen molar-refractivity contribution in [3.05, 3.63) is 88.7 Å². The third-order valence-electron chi connectivity index (χ3n) is 8.52. The molecular weight excluding hydrogens is 518 g/mol. The fourth-order valence-electron chi connectivity index (χ4n) is 6.22. The first-order chi connectivity index (χ1) is 20.0. The maximum absolute atomic E-state index is 13.3. The maximum atomic E-state index is 13.3. The van der Waals surface area contributed by atoms with E-state index < -0.39 is 0 Å². The summed E-state index contributed by atoms with van der Waals surface area (Å²) in [6.45, 7) is 3.50. The van der Waals surface area contributed by atoms with Crippen LogP contribution >= 0.6 is 0 Å². The number of imidazole rings is 1. The first-order valence-electron chi connectivity index (χ1n) is 14.4. The third kappa shape index (κ3) is 5.73. The topological polar surface area (TPSA) is 93.2 Å². The molecule has 0 spiro atoms. The van der Waals surface area contributed by atoms with E-state index in [0.29, 0.717) is 19.6 Å². The molecule has 1 saturated heterocycles. The van der Waals surface area contributed by atoms with Gasteiger partial charge in [-0.05, 0) is 42.5 Å². The van der Waals surface area contributed by atoms with Gasteiger partial charge in [0.05, 0.1) is 22.4 Å². The SMILES string of the molecule is CO[C@H]1CCC[C@@H](C(=O)N2CCN(Cc3c(-c4cccc([N+](=O)[O-])c4)nc4ccc(-c5ccccc5)cn34)CC2)C1. The molecule has 1 aliphatic heterocycles. The van der Waals surface area contributed by atoms with Gasteiger partial charge in [-0.2, -0.15) is 0 Å². The van der Waals surface area contributed by atoms with Crippen LogP contribution in [0, 0.1) is 16.0 Å². The number of hydrogen-bond donors (Lipinski definition) is 0. The van der Waals surface area contributed by atoms with Crippen molar-refractivity contribution >= 4 is 17.2 Å². The van der Waals surface area contributed by atoms with Crippen molar-refractivity contribution in [2.45, 2.75) is 38.3 Å². The summed E-state index contributed by atoms with van der Waals surface area (Å²) >= 11 is 0. The molecule has 2 aromatic carbocycles. The number of rotatable bonds is 7. The number of benzene rings is 2. The number of carbonyl (C=O) groups is 1. The van der Waals surface area contributed by atoms with Crippen LogP contribution in [0.15, 0.2) is 72.9 Å². The van der Waals surface area contributed by atoms with Crippen LogP contribution in [-0.2, 0) is 16.1 Å². The minimum absolute atomic E-state index is 0.0426. The molecule has 2 aliphatic rings. The van der Waals surface area contributed by atoms with Crippen molar-refractivity contribution in [2.24, 2.45) is 5.92 Å². The van der Waals surface area contributed by atoms with Crippen molar-refractivity contribution in [3.8, 4) is 22.4 Å². The number of ether oxygens (including phenoxy) is 1. The molecule has 2 aromatic heterocycles. The van der Waals surface area contributed by atoms with Gasteiger partial charge < -0.3 is 14.0 Å². The first-order valence-corrected chi connectivity index (χ1v) is 14.4. The van der Waals surface area contributed by atoms with Crippen molar-refractivity contribution in [1.82, 2.24) is 19.2 Å². The van der Waals surface area contributed by atoms with Gasteiger partial charge in [-0.25, -0.2) is 4.98 Å². The number of nitrogens with zero attached hydrogens (tertiary/aromatic N) is 5. The highest BCUT2D eigenvalue weighted by molar-refractivity contribution is 5.79. The van der Waals surface area contributed by atoms with E-state index in [1.165, 1.54) is 6.07 Å². The fourth-order valence-corrected chi connectivity index (χ4v) is 6.22. The van der Waals surface area contributed by atoms with E-state index in [1.54, 1.807) is 19.2 Å². The quantitative estimate of drug-likeness (QED) is 0.224. The first kappa shape index (κ1) is 27.1. The van der Waals surface area contributed by atoms with Gasteiger partial charge in [-0.1, -0.05) is 48.9 Å². The van der Waals surface area contributed by atoms with Crippen molar-refractivity contribution in [2.75, 3.05) is 33.3 Å². The number of hydrogen-bond acceptors (Lipinski definition) is 6. The van der Waals surface area contributed by atoms with Crippen LogP contribution < -0.4 is 0 Å². The Balaban J connectivity index is 1.27. The lowest BCUT2D eigenvalue weighted by molar-refractivity contribution is -0.384. The largest absolute Gasteiger partial charge is 0.381 e. The Labute approximate surface area is 239 Å². The van der Waals surface area contributed by atoms with Gasteiger partial charge >= 0.3 is 0 Å². The predicted molar refractivity (Wildman–Crippen MR) is 157 cm³/mol. The lowest BCUT2D eigenvalue weighted by atomic mass is 9.86. The molecule has 0 bridgehead atoms. The number of piperazine rings is 1. The molecule has 1 saturated carbocycles. The number of carbonyl (C=O) groups excluding carboxylic acids is 1. The molecule has 4 aromatic rings. The van der Waals surface area contributed by atoms with Crippen LogP contribution in [0.1, 0.15) is 31.4 Å². The van der Waals surface area contributed by atoms with E-state index in [9.17, 15) is 14.9 Å². The van der Waals surface area contributed by atoms with E-state index in [4.69, 9.17) is 9.72 Å². The Bertz CT molecular complexity index is 1540. The van der Waals surface area contributed by atoms with Crippen molar-refractivity contribution in [1.29, 1.82) is 0 Å². The summed E-state index contributed by atoms with van der Waals surface area (Å²) in [5.74, 6) is 0.307. The second-order valence-electron chi connectivity index (χ2n) is 11.0. The van der Waals surface area contributed by atoms with Crippen LogP contribution in [0.25, 0.3) is 28.0 Å². The number of pyridine rings is 1. The van der Waals surface area contributed by atoms with E-state index >= 15 is 0 Å². The lowest BCUT2D eigenvalue weighted by Gasteiger charge is -2.38. The molecule has 2 atom stereocenters. The number of amides is 1. The van der Waals surface area contributed by atoms with Gasteiger partial charge in [0.15, 0.2) is 0 Å². The van der Waals surface area contributed by atoms with Gasteiger partial charge in [0, 0.05) is 69.6 Å². The van der Waals surface area contributed by atoms with E-state index in [-0.39, 0.29) is 28.5 Å². The van der Waals surface area contributed by atoms with Gasteiger partial charge in [-0.3, -0.25) is 19.8 Å². The second kappa shape index (κ2) is 11.8.